The molecular formula is C11H22ClNO5. The van der Waals surface area contributed by atoms with E-state index in [0.29, 0.717) is 6.61 Å². The van der Waals surface area contributed by atoms with E-state index in [9.17, 15) is 9.59 Å². The molecule has 1 heterocycles. The highest BCUT2D eigenvalue weighted by Crippen LogP contribution is 1.98. The van der Waals surface area contributed by atoms with Crippen molar-refractivity contribution >= 4 is 23.4 Å². The Balaban J connectivity index is 0. The van der Waals surface area contributed by atoms with Gasteiger partial charge >= 0.3 is 5.97 Å². The predicted molar refractivity (Wildman–Crippen MR) is 68.6 cm³/mol. The number of alkyl halides is 1. The first kappa shape index (κ1) is 8.47. The van der Waals surface area contributed by atoms with Gasteiger partial charge in [0.25, 0.3) is 0 Å². The zero-order valence-corrected chi connectivity index (χ0v) is 10.6. The minimum Gasteiger partial charge on any atom is -0.465 e. The Kier molecular flexibility index (Phi) is 7.68. The number of rotatable bonds is 3. The van der Waals surface area contributed by atoms with Crippen LogP contribution in [0.2, 0.25) is 0 Å². The molecule has 0 aliphatic carbocycles. The molecular weight excluding hydrogens is 262 g/mol. The van der Waals surface area contributed by atoms with Crippen LogP contribution in [0.1, 0.15) is 30.7 Å². The van der Waals surface area contributed by atoms with Gasteiger partial charge in [0.2, 0.25) is 0 Å². The molecule has 1 saturated heterocycles. The van der Waals surface area contributed by atoms with Gasteiger partial charge in [-0.15, -0.1) is 11.6 Å². The summed E-state index contributed by atoms with van der Waals surface area (Å²) in [5, 5.41) is 8.19. The Morgan fingerprint density at radius 2 is 2.39 bits per heavy atom. The number of carbonyl (C=O) groups is 2. The Bertz CT molecular complexity index is 454. The van der Waals surface area contributed by atoms with Crippen LogP contribution < -0.4 is 5.73 Å². The minimum atomic E-state index is -2.95. The van der Waals surface area contributed by atoms with Crippen LogP contribution in [0.4, 0.5) is 0 Å². The summed E-state index contributed by atoms with van der Waals surface area (Å²) < 4.78 is 62.5. The first-order valence-electron chi connectivity index (χ1n) is 8.79. The van der Waals surface area contributed by atoms with Crippen molar-refractivity contribution in [2.75, 3.05) is 38.7 Å². The lowest BCUT2D eigenvalue weighted by Gasteiger charge is -2.07. The Morgan fingerprint density at radius 3 is 2.67 bits per heavy atom. The van der Waals surface area contributed by atoms with E-state index in [1.807, 2.05) is 0 Å². The molecule has 1 aliphatic heterocycles. The third-order valence-electron chi connectivity index (χ3n) is 1.14. The summed E-state index contributed by atoms with van der Waals surface area (Å²) >= 11 is 5.06. The Hall–Kier alpha value is -0.690. The first-order valence-corrected chi connectivity index (χ1v) is 5.33. The summed E-state index contributed by atoms with van der Waals surface area (Å²) in [5.74, 6) is -0.803. The Morgan fingerprint density at radius 1 is 1.78 bits per heavy atom. The van der Waals surface area contributed by atoms with Crippen LogP contribution in [0.25, 0.3) is 0 Å². The van der Waals surface area contributed by atoms with Gasteiger partial charge in [-0.2, -0.15) is 0 Å². The van der Waals surface area contributed by atoms with Gasteiger partial charge in [0.05, 0.1) is 18.6 Å². The maximum atomic E-state index is 10.6. The first-order chi connectivity index (χ1) is 11.4. The molecule has 7 heteroatoms. The second-order valence-corrected chi connectivity index (χ2v) is 2.75. The summed E-state index contributed by atoms with van der Waals surface area (Å²) in [4.78, 5) is 20.7. The molecule has 6 nitrogen and oxygen atoms in total. The lowest BCUT2D eigenvalue weighted by Crippen LogP contribution is -2.15. The second kappa shape index (κ2) is 16.3. The van der Waals surface area contributed by atoms with Gasteiger partial charge in [-0.3, -0.25) is 9.59 Å². The largest absolute Gasteiger partial charge is 0.465 e. The van der Waals surface area contributed by atoms with Crippen molar-refractivity contribution in [1.82, 2.24) is 0 Å². The average Bonchev–Trinajstić information content (AvgIpc) is 2.43. The molecule has 1 fully saturated rings. The van der Waals surface area contributed by atoms with Crippen molar-refractivity contribution in [3.63, 3.8) is 0 Å². The van der Waals surface area contributed by atoms with Crippen LogP contribution in [-0.2, 0) is 19.1 Å². The second-order valence-electron chi connectivity index (χ2n) is 2.48. The molecule has 0 atom stereocenters. The fourth-order valence-electron chi connectivity index (χ4n) is 0.553. The molecule has 0 saturated carbocycles. The fraction of sp³-hybridized carbons (Fsp3) is 0.818. The standard InChI is InChI=1S/C5H8O2.C4H7ClO2.C2H7NO/c6-5-2-1-3-7-4-5;1-2-7-4(6)3-5;3-1-2-4/h1-4H2;2-3H2,1H3;4H,1-3H2/i1D2,3D2;;1D2,2D2. The van der Waals surface area contributed by atoms with Crippen molar-refractivity contribution in [2.24, 2.45) is 5.73 Å². The van der Waals surface area contributed by atoms with E-state index in [-0.39, 0.29) is 18.5 Å². The number of esters is 1. The molecule has 0 radical (unpaired) electrons. The number of hydrogen-bond donors (Lipinski definition) is 2. The van der Waals surface area contributed by atoms with Crippen LogP contribution in [0, 0.1) is 0 Å². The summed E-state index contributed by atoms with van der Waals surface area (Å²) in [6.07, 6.45) is -2.59. The van der Waals surface area contributed by atoms with Crippen LogP contribution in [0.5, 0.6) is 0 Å². The zero-order valence-electron chi connectivity index (χ0n) is 17.9. The number of halogens is 1. The molecule has 3 N–H and O–H groups in total. The number of ketones is 1. The fourth-order valence-corrected chi connectivity index (χ4v) is 0.630. The molecule has 0 bridgehead atoms. The van der Waals surface area contributed by atoms with Gasteiger partial charge < -0.3 is 20.3 Å². The van der Waals surface area contributed by atoms with E-state index in [0.717, 1.165) is 0 Å². The highest BCUT2D eigenvalue weighted by Gasteiger charge is 2.06. The average molecular weight is 292 g/mol. The monoisotopic (exact) mass is 291 g/mol. The van der Waals surface area contributed by atoms with E-state index < -0.39 is 38.2 Å². The molecule has 0 aromatic rings. The number of hydrogen-bond acceptors (Lipinski definition) is 6. The van der Waals surface area contributed by atoms with Crippen molar-refractivity contribution in [1.29, 1.82) is 0 Å². The summed E-state index contributed by atoms with van der Waals surface area (Å²) in [6.45, 7) is -6.14. The number of Topliss-reactive ketones (excluding diaryl/α,β-unsaturated/α-hetero) is 1. The number of ether oxygens (including phenoxy) is 2. The third kappa shape index (κ3) is 17.7. The normalized spacial score (nSPS) is 27.4. The van der Waals surface area contributed by atoms with E-state index in [2.05, 4.69) is 15.2 Å². The molecule has 1 aliphatic rings. The van der Waals surface area contributed by atoms with Crippen molar-refractivity contribution < 1.29 is 35.1 Å². The lowest BCUT2D eigenvalue weighted by atomic mass is 10.2. The van der Waals surface area contributed by atoms with Crippen LogP contribution in [-0.4, -0.2) is 55.6 Å². The minimum absolute atomic E-state index is 0.0478. The van der Waals surface area contributed by atoms with Crippen molar-refractivity contribution in [2.45, 2.75) is 19.7 Å². The number of aliphatic hydroxyl groups is 1. The van der Waals surface area contributed by atoms with Gasteiger partial charge in [-0.05, 0) is 13.3 Å². The van der Waals surface area contributed by atoms with Crippen molar-refractivity contribution in [3.05, 3.63) is 0 Å². The maximum Gasteiger partial charge on any atom is 0.320 e. The Labute approximate surface area is 124 Å². The highest BCUT2D eigenvalue weighted by molar-refractivity contribution is 6.26. The van der Waals surface area contributed by atoms with Crippen LogP contribution in [0.15, 0.2) is 0 Å². The quantitative estimate of drug-likeness (QED) is 0.565. The van der Waals surface area contributed by atoms with Gasteiger partial charge in [0, 0.05) is 25.0 Å². The molecule has 0 aromatic carbocycles. The number of nitrogens with two attached hydrogens (primary N) is 1. The lowest BCUT2D eigenvalue weighted by molar-refractivity contribution is -0.140. The molecule has 0 aromatic heterocycles. The maximum absolute atomic E-state index is 10.6. The third-order valence-corrected chi connectivity index (χ3v) is 1.36. The topological polar surface area (TPSA) is 98.9 Å². The van der Waals surface area contributed by atoms with E-state index in [1.54, 1.807) is 6.92 Å². The van der Waals surface area contributed by atoms with Gasteiger partial charge in [0.1, 0.15) is 12.5 Å². The summed E-state index contributed by atoms with van der Waals surface area (Å²) in [7, 11) is 0. The molecule has 0 amide bonds. The molecule has 18 heavy (non-hydrogen) atoms. The number of carbonyl (C=O) groups excluding carboxylic acids is 2. The summed E-state index contributed by atoms with van der Waals surface area (Å²) in [5.41, 5.74) is 4.52. The molecule has 0 spiro atoms. The molecule has 1 rings (SSSR count). The van der Waals surface area contributed by atoms with Crippen molar-refractivity contribution in [3.8, 4) is 0 Å². The van der Waals surface area contributed by atoms with Crippen LogP contribution in [0.3, 0.4) is 0 Å². The smallest absolute Gasteiger partial charge is 0.320 e. The highest BCUT2D eigenvalue weighted by atomic mass is 35.5. The van der Waals surface area contributed by atoms with Gasteiger partial charge in [-0.1, -0.05) is 0 Å². The van der Waals surface area contributed by atoms with E-state index >= 15 is 0 Å². The molecule has 0 unspecified atom stereocenters. The van der Waals surface area contributed by atoms with E-state index in [4.69, 9.17) is 27.7 Å². The van der Waals surface area contributed by atoms with Gasteiger partial charge in [0.15, 0.2) is 5.78 Å². The SMILES string of the molecule is CCOC(=O)CCl.[2H]C([2H])(N)C([2H])([2H])O.[2H]C1([2H])CC(=O)COC1([2H])[2H]. The van der Waals surface area contributed by atoms with E-state index in [1.165, 1.54) is 0 Å². The van der Waals surface area contributed by atoms with Crippen LogP contribution >= 0.6 is 11.6 Å². The van der Waals surface area contributed by atoms with Gasteiger partial charge in [-0.25, -0.2) is 0 Å². The summed E-state index contributed by atoms with van der Waals surface area (Å²) in [6, 6.07) is 0. The predicted octanol–water partition coefficient (Wildman–Crippen LogP) is 0.0916. The molecule has 108 valence electrons. The zero-order chi connectivity index (χ0) is 21.4.